The van der Waals surface area contributed by atoms with Crippen molar-refractivity contribution >= 4 is 24.8 Å². The molecule has 18 heavy (non-hydrogen) atoms. The molecule has 2 N–H and O–H groups in total. The van der Waals surface area contributed by atoms with Gasteiger partial charge in [0.05, 0.1) is 6.20 Å². The number of nitrogens with zero attached hydrogens (tertiary/aromatic N) is 3. The van der Waals surface area contributed by atoms with E-state index in [9.17, 15) is 0 Å². The second-order valence-corrected chi connectivity index (χ2v) is 4.69. The summed E-state index contributed by atoms with van der Waals surface area (Å²) in [6, 6.07) is 0.602. The Hall–Kier alpha value is -0.290. The Morgan fingerprint density at radius 1 is 1.39 bits per heavy atom. The average molecular weight is 295 g/mol. The Labute approximate surface area is 122 Å². The smallest absolute Gasteiger partial charge is 0.0522 e. The summed E-state index contributed by atoms with van der Waals surface area (Å²) >= 11 is 0. The van der Waals surface area contributed by atoms with Crippen molar-refractivity contribution in [1.29, 1.82) is 0 Å². The van der Waals surface area contributed by atoms with Crippen molar-refractivity contribution in [2.45, 2.75) is 31.7 Å². The molecule has 1 fully saturated rings. The summed E-state index contributed by atoms with van der Waals surface area (Å²) in [6.45, 7) is 3.13. The third-order valence-electron chi connectivity index (χ3n) is 3.47. The number of piperidine rings is 1. The first kappa shape index (κ1) is 17.7. The van der Waals surface area contributed by atoms with Gasteiger partial charge in [0.25, 0.3) is 0 Å². The van der Waals surface area contributed by atoms with Crippen molar-refractivity contribution < 1.29 is 0 Å². The monoisotopic (exact) mass is 294 g/mol. The topological polar surface area (TPSA) is 47.1 Å². The molecule has 0 amide bonds. The number of halogens is 2. The van der Waals surface area contributed by atoms with Crippen LogP contribution in [0, 0.1) is 0 Å². The van der Waals surface area contributed by atoms with Crippen molar-refractivity contribution in [3.8, 4) is 0 Å². The predicted octanol–water partition coefficient (Wildman–Crippen LogP) is 1.62. The summed E-state index contributed by atoms with van der Waals surface area (Å²) in [6.07, 6.45) is 9.07. The van der Waals surface area contributed by atoms with Gasteiger partial charge in [-0.15, -0.1) is 24.8 Å². The molecular formula is C12H24Cl2N4. The minimum absolute atomic E-state index is 0. The van der Waals surface area contributed by atoms with Crippen molar-refractivity contribution in [2.75, 3.05) is 19.6 Å². The van der Waals surface area contributed by atoms with Crippen LogP contribution in [0.25, 0.3) is 0 Å². The normalized spacial score (nSPS) is 20.0. The molecule has 0 radical (unpaired) electrons. The van der Waals surface area contributed by atoms with Gasteiger partial charge in [0.2, 0.25) is 0 Å². The first-order chi connectivity index (χ1) is 7.79. The molecule has 2 rings (SSSR count). The van der Waals surface area contributed by atoms with Crippen molar-refractivity contribution in [3.63, 3.8) is 0 Å². The number of nitrogens with two attached hydrogens (primary N) is 1. The number of rotatable bonds is 4. The quantitative estimate of drug-likeness (QED) is 0.918. The van der Waals surface area contributed by atoms with Gasteiger partial charge in [-0.1, -0.05) is 6.42 Å². The Morgan fingerprint density at radius 2 is 2.17 bits per heavy atom. The van der Waals surface area contributed by atoms with E-state index in [2.05, 4.69) is 16.2 Å². The molecule has 1 atom stereocenters. The van der Waals surface area contributed by atoms with Crippen LogP contribution in [0.3, 0.4) is 0 Å². The number of hydrogen-bond donors (Lipinski definition) is 1. The van der Waals surface area contributed by atoms with Gasteiger partial charge in [0, 0.05) is 32.4 Å². The lowest BCUT2D eigenvalue weighted by Crippen LogP contribution is -2.44. The van der Waals surface area contributed by atoms with Gasteiger partial charge in [0.1, 0.15) is 0 Å². The summed E-state index contributed by atoms with van der Waals surface area (Å²) in [5, 5.41) is 4.19. The summed E-state index contributed by atoms with van der Waals surface area (Å²) in [5.74, 6) is 0. The van der Waals surface area contributed by atoms with E-state index in [4.69, 9.17) is 5.73 Å². The Kier molecular flexibility index (Phi) is 8.61. The van der Waals surface area contributed by atoms with Crippen LogP contribution in [0.2, 0.25) is 0 Å². The van der Waals surface area contributed by atoms with Gasteiger partial charge in [0.15, 0.2) is 0 Å². The maximum Gasteiger partial charge on any atom is 0.0522 e. The summed E-state index contributed by atoms with van der Waals surface area (Å²) in [5.41, 5.74) is 7.13. The lowest BCUT2D eigenvalue weighted by atomic mass is 10.0. The van der Waals surface area contributed by atoms with E-state index in [1.54, 1.807) is 0 Å². The van der Waals surface area contributed by atoms with Crippen LogP contribution < -0.4 is 5.73 Å². The van der Waals surface area contributed by atoms with E-state index >= 15 is 0 Å². The van der Waals surface area contributed by atoms with E-state index in [0.717, 1.165) is 19.5 Å². The maximum atomic E-state index is 5.81. The molecule has 0 bridgehead atoms. The van der Waals surface area contributed by atoms with E-state index in [0.29, 0.717) is 6.04 Å². The predicted molar refractivity (Wildman–Crippen MR) is 79.7 cm³/mol. The molecule has 1 unspecified atom stereocenters. The highest BCUT2D eigenvalue weighted by molar-refractivity contribution is 5.85. The molecule has 0 saturated carbocycles. The van der Waals surface area contributed by atoms with E-state index < -0.39 is 0 Å². The lowest BCUT2D eigenvalue weighted by Gasteiger charge is -2.34. The highest BCUT2D eigenvalue weighted by Gasteiger charge is 2.20. The van der Waals surface area contributed by atoms with E-state index in [1.165, 1.54) is 31.4 Å². The second-order valence-electron chi connectivity index (χ2n) is 4.69. The molecule has 1 aromatic rings. The molecule has 1 saturated heterocycles. The SMILES string of the molecule is Cl.Cl.Cn1cc(CCN2CCCCC2CN)cn1. The summed E-state index contributed by atoms with van der Waals surface area (Å²) in [7, 11) is 1.97. The third kappa shape index (κ3) is 4.76. The van der Waals surface area contributed by atoms with Crippen LogP contribution in [-0.4, -0.2) is 40.4 Å². The minimum atomic E-state index is 0. The molecule has 0 aliphatic carbocycles. The summed E-state index contributed by atoms with van der Waals surface area (Å²) in [4.78, 5) is 2.54. The van der Waals surface area contributed by atoms with Crippen LogP contribution >= 0.6 is 24.8 Å². The molecule has 1 aromatic heterocycles. The molecule has 1 aliphatic rings. The lowest BCUT2D eigenvalue weighted by molar-refractivity contribution is 0.155. The summed E-state index contributed by atoms with van der Waals surface area (Å²) < 4.78 is 1.87. The molecular weight excluding hydrogens is 271 g/mol. The van der Waals surface area contributed by atoms with Gasteiger partial charge in [-0.3, -0.25) is 9.58 Å². The fourth-order valence-corrected chi connectivity index (χ4v) is 2.49. The number of likely N-dealkylation sites (tertiary alicyclic amines) is 1. The van der Waals surface area contributed by atoms with Gasteiger partial charge >= 0.3 is 0 Å². The fraction of sp³-hybridized carbons (Fsp3) is 0.750. The Balaban J connectivity index is 0.00000144. The van der Waals surface area contributed by atoms with Gasteiger partial charge in [-0.05, 0) is 31.4 Å². The van der Waals surface area contributed by atoms with E-state index in [1.807, 2.05) is 17.9 Å². The first-order valence-corrected chi connectivity index (χ1v) is 6.21. The maximum absolute atomic E-state index is 5.81. The molecule has 1 aliphatic heterocycles. The zero-order valence-electron chi connectivity index (χ0n) is 10.9. The zero-order chi connectivity index (χ0) is 11.4. The van der Waals surface area contributed by atoms with Crippen molar-refractivity contribution in [3.05, 3.63) is 18.0 Å². The number of aromatic nitrogens is 2. The minimum Gasteiger partial charge on any atom is -0.329 e. The zero-order valence-corrected chi connectivity index (χ0v) is 12.6. The van der Waals surface area contributed by atoms with Crippen LogP contribution in [0.15, 0.2) is 12.4 Å². The van der Waals surface area contributed by atoms with Crippen molar-refractivity contribution in [1.82, 2.24) is 14.7 Å². The largest absolute Gasteiger partial charge is 0.329 e. The number of hydrogen-bond acceptors (Lipinski definition) is 3. The van der Waals surface area contributed by atoms with Gasteiger partial charge < -0.3 is 5.73 Å². The Bertz CT molecular complexity index is 330. The Morgan fingerprint density at radius 3 is 2.78 bits per heavy atom. The molecule has 106 valence electrons. The van der Waals surface area contributed by atoms with Gasteiger partial charge in [-0.2, -0.15) is 5.10 Å². The fourth-order valence-electron chi connectivity index (χ4n) is 2.49. The third-order valence-corrected chi connectivity index (χ3v) is 3.47. The second kappa shape index (κ2) is 8.75. The van der Waals surface area contributed by atoms with Crippen LogP contribution in [0.1, 0.15) is 24.8 Å². The molecule has 2 heterocycles. The molecule has 6 heteroatoms. The van der Waals surface area contributed by atoms with Crippen LogP contribution in [0.4, 0.5) is 0 Å². The first-order valence-electron chi connectivity index (χ1n) is 6.21. The highest BCUT2D eigenvalue weighted by Crippen LogP contribution is 2.16. The van der Waals surface area contributed by atoms with Crippen molar-refractivity contribution in [2.24, 2.45) is 12.8 Å². The number of aryl methyl sites for hydroxylation is 1. The van der Waals surface area contributed by atoms with E-state index in [-0.39, 0.29) is 24.8 Å². The molecule has 4 nitrogen and oxygen atoms in total. The average Bonchev–Trinajstić information content (AvgIpc) is 2.73. The molecule has 0 aromatic carbocycles. The molecule has 0 spiro atoms. The van der Waals surface area contributed by atoms with Crippen LogP contribution in [-0.2, 0) is 13.5 Å². The standard InChI is InChI=1S/C12H22N4.2ClH/c1-15-10-11(9-14-15)5-7-16-6-3-2-4-12(16)8-13;;/h9-10,12H,2-8,13H2,1H3;2*1H. The van der Waals surface area contributed by atoms with Gasteiger partial charge in [-0.25, -0.2) is 0 Å². The van der Waals surface area contributed by atoms with Crippen LogP contribution in [0.5, 0.6) is 0 Å². The highest BCUT2D eigenvalue weighted by atomic mass is 35.5.